The second kappa shape index (κ2) is 6.52. The lowest BCUT2D eigenvalue weighted by Crippen LogP contribution is -2.38. The summed E-state index contributed by atoms with van der Waals surface area (Å²) in [5.74, 6) is 0.337. The van der Waals surface area contributed by atoms with Crippen molar-refractivity contribution in [2.75, 3.05) is 13.1 Å². The summed E-state index contributed by atoms with van der Waals surface area (Å²) in [4.78, 5) is 27.4. The van der Waals surface area contributed by atoms with Gasteiger partial charge in [-0.3, -0.25) is 9.59 Å². The molecule has 0 radical (unpaired) electrons. The molecule has 0 unspecified atom stereocenters. The van der Waals surface area contributed by atoms with Crippen LogP contribution in [-0.4, -0.2) is 35.0 Å². The van der Waals surface area contributed by atoms with Gasteiger partial charge in [0.1, 0.15) is 12.4 Å². The first-order valence-electron chi connectivity index (χ1n) is 8.48. The van der Waals surface area contributed by atoms with Crippen LogP contribution in [0.2, 0.25) is 0 Å². The highest BCUT2D eigenvalue weighted by Gasteiger charge is 2.28. The van der Waals surface area contributed by atoms with Crippen LogP contribution < -0.4 is 4.74 Å². The molecule has 3 heterocycles. The lowest BCUT2D eigenvalue weighted by Gasteiger charge is -2.31. The van der Waals surface area contributed by atoms with Gasteiger partial charge in [-0.15, -0.1) is 11.3 Å². The first kappa shape index (κ1) is 16.1. The number of para-hydroxylation sites is 1. The summed E-state index contributed by atoms with van der Waals surface area (Å²) in [6, 6.07) is 9.85. The first-order valence-corrected chi connectivity index (χ1v) is 9.29. The fraction of sp³-hybridized carbons (Fsp3) is 0.368. The molecule has 1 fully saturated rings. The molecule has 2 aliphatic heterocycles. The highest BCUT2D eigenvalue weighted by molar-refractivity contribution is 7.17. The van der Waals surface area contributed by atoms with Gasteiger partial charge >= 0.3 is 5.97 Å². The van der Waals surface area contributed by atoms with Crippen LogP contribution in [0.3, 0.4) is 0 Å². The number of carboxylic acids is 1. The Bertz CT molecular complexity index is 821. The van der Waals surface area contributed by atoms with E-state index in [1.54, 1.807) is 0 Å². The van der Waals surface area contributed by atoms with Crippen LogP contribution in [0.5, 0.6) is 5.75 Å². The van der Waals surface area contributed by atoms with Crippen molar-refractivity contribution in [1.29, 1.82) is 0 Å². The summed E-state index contributed by atoms with van der Waals surface area (Å²) in [6.07, 6.45) is 1.72. The van der Waals surface area contributed by atoms with Crippen LogP contribution in [0.15, 0.2) is 30.3 Å². The molecule has 1 amide bonds. The predicted molar refractivity (Wildman–Crippen MR) is 95.0 cm³/mol. The van der Waals surface area contributed by atoms with Crippen molar-refractivity contribution in [2.45, 2.75) is 25.9 Å². The molecular formula is C19H19NO4S. The number of nitrogens with zero attached hydrogens (tertiary/aromatic N) is 1. The SMILES string of the molecule is O=C(O)CC1CCN(C(=O)c2cc3c(s2)-c2ccccc2OC3)CC1. The number of hydrogen-bond acceptors (Lipinski definition) is 4. The van der Waals surface area contributed by atoms with E-state index in [0.717, 1.165) is 39.5 Å². The molecule has 5 nitrogen and oxygen atoms in total. The Morgan fingerprint density at radius 2 is 2.00 bits per heavy atom. The van der Waals surface area contributed by atoms with Crippen molar-refractivity contribution in [3.05, 3.63) is 40.8 Å². The molecule has 0 spiro atoms. The van der Waals surface area contributed by atoms with Gasteiger partial charge in [0.05, 0.1) is 4.88 Å². The van der Waals surface area contributed by atoms with Gasteiger partial charge in [-0.05, 0) is 37.0 Å². The number of carbonyl (C=O) groups is 2. The van der Waals surface area contributed by atoms with Crippen LogP contribution in [0, 0.1) is 5.92 Å². The average Bonchev–Trinajstić information content (AvgIpc) is 3.06. The van der Waals surface area contributed by atoms with Crippen LogP contribution >= 0.6 is 11.3 Å². The van der Waals surface area contributed by atoms with Crippen molar-refractivity contribution in [3.8, 4) is 16.2 Å². The van der Waals surface area contributed by atoms with Crippen LogP contribution in [-0.2, 0) is 11.4 Å². The number of likely N-dealkylation sites (tertiary alicyclic amines) is 1. The molecule has 1 N–H and O–H groups in total. The third-order valence-corrected chi connectivity index (χ3v) is 6.10. The van der Waals surface area contributed by atoms with Crippen molar-refractivity contribution in [2.24, 2.45) is 5.92 Å². The number of thiophene rings is 1. The molecule has 25 heavy (non-hydrogen) atoms. The zero-order valence-electron chi connectivity index (χ0n) is 13.7. The van der Waals surface area contributed by atoms with Gasteiger partial charge in [-0.2, -0.15) is 0 Å². The number of amides is 1. The molecule has 6 heteroatoms. The Morgan fingerprint density at radius 3 is 2.76 bits per heavy atom. The number of carboxylic acid groups (broad SMARTS) is 1. The van der Waals surface area contributed by atoms with Crippen LogP contribution in [0.1, 0.15) is 34.5 Å². The number of ether oxygens (including phenoxy) is 1. The number of rotatable bonds is 3. The zero-order chi connectivity index (χ0) is 17.4. The van der Waals surface area contributed by atoms with E-state index in [-0.39, 0.29) is 18.2 Å². The third-order valence-electron chi connectivity index (χ3n) is 4.90. The minimum Gasteiger partial charge on any atom is -0.488 e. The van der Waals surface area contributed by atoms with Gasteiger partial charge in [0.15, 0.2) is 0 Å². The Morgan fingerprint density at radius 1 is 1.24 bits per heavy atom. The molecular weight excluding hydrogens is 338 g/mol. The molecule has 1 aromatic carbocycles. The molecule has 0 saturated carbocycles. The van der Waals surface area contributed by atoms with E-state index in [0.29, 0.717) is 19.7 Å². The zero-order valence-corrected chi connectivity index (χ0v) is 14.6. The van der Waals surface area contributed by atoms with E-state index >= 15 is 0 Å². The molecule has 130 valence electrons. The maximum absolute atomic E-state index is 12.8. The van der Waals surface area contributed by atoms with Crippen molar-refractivity contribution in [3.63, 3.8) is 0 Å². The van der Waals surface area contributed by atoms with E-state index in [2.05, 4.69) is 0 Å². The summed E-state index contributed by atoms with van der Waals surface area (Å²) in [6.45, 7) is 1.76. The number of aliphatic carboxylic acids is 1. The third kappa shape index (κ3) is 3.14. The van der Waals surface area contributed by atoms with Gasteiger partial charge in [0, 0.05) is 35.5 Å². The average molecular weight is 357 g/mol. The smallest absolute Gasteiger partial charge is 0.303 e. The molecule has 2 aliphatic rings. The minimum absolute atomic E-state index is 0.0469. The Labute approximate surface area is 149 Å². The molecule has 0 aliphatic carbocycles. The van der Waals surface area contributed by atoms with Crippen LogP contribution in [0.25, 0.3) is 10.4 Å². The fourth-order valence-electron chi connectivity index (χ4n) is 3.55. The van der Waals surface area contributed by atoms with Crippen LogP contribution in [0.4, 0.5) is 0 Å². The largest absolute Gasteiger partial charge is 0.488 e. The summed E-state index contributed by atoms with van der Waals surface area (Å²) in [7, 11) is 0. The Kier molecular flexibility index (Phi) is 4.21. The molecule has 1 aromatic heterocycles. The molecule has 1 saturated heterocycles. The highest BCUT2D eigenvalue weighted by Crippen LogP contribution is 2.42. The lowest BCUT2D eigenvalue weighted by molar-refractivity contribution is -0.138. The van der Waals surface area contributed by atoms with Gasteiger partial charge < -0.3 is 14.7 Å². The number of piperidine rings is 1. The Balaban J connectivity index is 1.50. The molecule has 4 rings (SSSR count). The number of hydrogen-bond donors (Lipinski definition) is 1. The van der Waals surface area contributed by atoms with E-state index in [9.17, 15) is 9.59 Å². The summed E-state index contributed by atoms with van der Waals surface area (Å²) in [5, 5.41) is 8.90. The molecule has 0 atom stereocenters. The van der Waals surface area contributed by atoms with Crippen molar-refractivity contribution >= 4 is 23.2 Å². The normalized spacial score (nSPS) is 16.7. The van der Waals surface area contributed by atoms with Crippen molar-refractivity contribution in [1.82, 2.24) is 4.90 Å². The van der Waals surface area contributed by atoms with Gasteiger partial charge in [-0.25, -0.2) is 0 Å². The topological polar surface area (TPSA) is 66.8 Å². The van der Waals surface area contributed by atoms with E-state index in [4.69, 9.17) is 9.84 Å². The summed E-state index contributed by atoms with van der Waals surface area (Å²) in [5.41, 5.74) is 2.11. The fourth-order valence-corrected chi connectivity index (χ4v) is 4.71. The summed E-state index contributed by atoms with van der Waals surface area (Å²) >= 11 is 1.53. The molecule has 2 aromatic rings. The summed E-state index contributed by atoms with van der Waals surface area (Å²) < 4.78 is 5.77. The first-order chi connectivity index (χ1) is 12.1. The van der Waals surface area contributed by atoms with Gasteiger partial charge in [0.25, 0.3) is 5.91 Å². The number of carbonyl (C=O) groups excluding carboxylic acids is 1. The molecule has 0 bridgehead atoms. The minimum atomic E-state index is -0.755. The van der Waals surface area contributed by atoms with E-state index in [1.807, 2.05) is 35.2 Å². The van der Waals surface area contributed by atoms with Crippen molar-refractivity contribution < 1.29 is 19.4 Å². The standard InChI is InChI=1S/C19H19NO4S/c21-17(22)9-12-5-7-20(8-6-12)19(23)16-10-13-11-24-15-4-2-1-3-14(15)18(13)25-16/h1-4,10,12H,5-9,11H2,(H,21,22). The second-order valence-electron chi connectivity index (χ2n) is 6.58. The highest BCUT2D eigenvalue weighted by atomic mass is 32.1. The predicted octanol–water partition coefficient (Wildman–Crippen LogP) is 3.63. The Hall–Kier alpha value is -2.34. The maximum atomic E-state index is 12.8. The quantitative estimate of drug-likeness (QED) is 0.911. The maximum Gasteiger partial charge on any atom is 0.303 e. The number of benzene rings is 1. The second-order valence-corrected chi connectivity index (χ2v) is 7.64. The van der Waals surface area contributed by atoms with E-state index < -0.39 is 5.97 Å². The lowest BCUT2D eigenvalue weighted by atomic mass is 9.93. The monoisotopic (exact) mass is 357 g/mol. The van der Waals surface area contributed by atoms with Gasteiger partial charge in [-0.1, -0.05) is 12.1 Å². The van der Waals surface area contributed by atoms with Gasteiger partial charge in [0.2, 0.25) is 0 Å². The van der Waals surface area contributed by atoms with E-state index in [1.165, 1.54) is 11.3 Å². The number of fused-ring (bicyclic) bond motifs is 3.